The van der Waals surface area contributed by atoms with Crippen LogP contribution in [0.1, 0.15) is 19.9 Å². The summed E-state index contributed by atoms with van der Waals surface area (Å²) in [6.07, 6.45) is 4.21. The highest BCUT2D eigenvalue weighted by Crippen LogP contribution is 2.17. The average molecular weight is 267 g/mol. The van der Waals surface area contributed by atoms with E-state index in [2.05, 4.69) is 20.1 Å². The molecule has 18 heavy (non-hydrogen) atoms. The van der Waals surface area contributed by atoms with E-state index in [1.165, 1.54) is 4.68 Å². The molecule has 2 rings (SSSR count). The van der Waals surface area contributed by atoms with Gasteiger partial charge in [0, 0.05) is 24.7 Å². The van der Waals surface area contributed by atoms with Crippen molar-refractivity contribution in [2.24, 2.45) is 0 Å². The lowest BCUT2D eigenvalue weighted by Crippen LogP contribution is -2.12. The van der Waals surface area contributed by atoms with Crippen molar-refractivity contribution < 1.29 is 8.42 Å². The second-order valence-corrected chi connectivity index (χ2v) is 6.01. The summed E-state index contributed by atoms with van der Waals surface area (Å²) >= 11 is 0. The van der Waals surface area contributed by atoms with Crippen LogP contribution in [0.3, 0.4) is 0 Å². The molecule has 7 nitrogen and oxygen atoms in total. The summed E-state index contributed by atoms with van der Waals surface area (Å²) in [5.41, 5.74) is 0. The van der Waals surface area contributed by atoms with Gasteiger partial charge in [-0.05, 0) is 19.9 Å². The largest absolute Gasteiger partial charge is 0.246 e. The minimum absolute atomic E-state index is 0.0695. The monoisotopic (exact) mass is 267 g/mol. The molecular formula is C10H13N5O2S. The Balaban J connectivity index is 2.61. The molecule has 0 saturated heterocycles. The fourth-order valence-corrected chi connectivity index (χ4v) is 2.25. The highest BCUT2D eigenvalue weighted by molar-refractivity contribution is 7.90. The van der Waals surface area contributed by atoms with Crippen LogP contribution >= 0.6 is 0 Å². The lowest BCUT2D eigenvalue weighted by molar-refractivity contribution is 0.472. The number of aromatic nitrogens is 5. The maximum absolute atomic E-state index is 11.6. The molecule has 0 amide bonds. The summed E-state index contributed by atoms with van der Waals surface area (Å²) in [4.78, 5) is 12.0. The van der Waals surface area contributed by atoms with Gasteiger partial charge in [-0.2, -0.15) is 4.98 Å². The zero-order valence-corrected chi connectivity index (χ0v) is 11.1. The van der Waals surface area contributed by atoms with E-state index in [-0.39, 0.29) is 17.0 Å². The maximum atomic E-state index is 11.6. The smallest absolute Gasteiger partial charge is 0.234 e. The predicted molar refractivity (Wildman–Crippen MR) is 64.5 cm³/mol. The fourth-order valence-electron chi connectivity index (χ4n) is 1.41. The number of nitrogens with zero attached hydrogens (tertiary/aromatic N) is 5. The molecule has 0 spiro atoms. The molecule has 0 saturated carbocycles. The molecule has 0 radical (unpaired) electrons. The Kier molecular flexibility index (Phi) is 3.12. The Morgan fingerprint density at radius 1 is 1.17 bits per heavy atom. The molecule has 0 aliphatic carbocycles. The lowest BCUT2D eigenvalue weighted by Gasteiger charge is -2.06. The standard InChI is InChI=1S/C10H13N5O2S/c1-7(2)15-10(18(3,16)17)13-9(14-15)8-11-5-4-6-12-8/h4-7H,1-3H3. The molecule has 8 heteroatoms. The Morgan fingerprint density at radius 2 is 1.78 bits per heavy atom. The average Bonchev–Trinajstić information content (AvgIpc) is 2.74. The van der Waals surface area contributed by atoms with Gasteiger partial charge >= 0.3 is 0 Å². The zero-order valence-electron chi connectivity index (χ0n) is 10.3. The summed E-state index contributed by atoms with van der Waals surface area (Å²) in [6.45, 7) is 3.66. The number of hydrogen-bond acceptors (Lipinski definition) is 6. The van der Waals surface area contributed by atoms with Gasteiger partial charge < -0.3 is 0 Å². The van der Waals surface area contributed by atoms with Crippen LogP contribution in [0, 0.1) is 0 Å². The van der Waals surface area contributed by atoms with Crippen molar-refractivity contribution in [1.82, 2.24) is 24.7 Å². The fraction of sp³-hybridized carbons (Fsp3) is 0.400. The number of rotatable bonds is 3. The van der Waals surface area contributed by atoms with Crippen molar-refractivity contribution in [1.29, 1.82) is 0 Å². The van der Waals surface area contributed by atoms with Gasteiger partial charge in [-0.25, -0.2) is 23.1 Å². The van der Waals surface area contributed by atoms with Crippen molar-refractivity contribution in [3.05, 3.63) is 18.5 Å². The summed E-state index contributed by atoms with van der Waals surface area (Å²) in [7, 11) is -3.43. The van der Waals surface area contributed by atoms with Gasteiger partial charge in [0.2, 0.25) is 20.8 Å². The first-order chi connectivity index (χ1) is 8.39. The molecule has 0 N–H and O–H groups in total. The minimum atomic E-state index is -3.43. The molecule has 0 aromatic carbocycles. The Morgan fingerprint density at radius 3 is 2.22 bits per heavy atom. The SMILES string of the molecule is CC(C)n1nc(-c2ncccn2)nc1S(C)(=O)=O. The number of sulfone groups is 1. The molecule has 0 aliphatic rings. The molecule has 0 bridgehead atoms. The first kappa shape index (κ1) is 12.6. The maximum Gasteiger partial charge on any atom is 0.246 e. The Hall–Kier alpha value is -1.83. The molecule has 0 unspecified atom stereocenters. The van der Waals surface area contributed by atoms with Crippen LogP contribution in [0.25, 0.3) is 11.6 Å². The predicted octanol–water partition coefficient (Wildman–Crippen LogP) is 0.719. The zero-order chi connectivity index (χ0) is 13.3. The Labute approximate surface area is 105 Å². The van der Waals surface area contributed by atoms with Crippen LogP contribution in [0.4, 0.5) is 0 Å². The highest BCUT2D eigenvalue weighted by atomic mass is 32.2. The van der Waals surface area contributed by atoms with Gasteiger partial charge in [-0.1, -0.05) is 0 Å². The van der Waals surface area contributed by atoms with E-state index < -0.39 is 9.84 Å². The quantitative estimate of drug-likeness (QED) is 0.813. The second kappa shape index (κ2) is 4.45. The third kappa shape index (κ3) is 2.37. The molecule has 0 aliphatic heterocycles. The second-order valence-electron chi connectivity index (χ2n) is 4.10. The van der Waals surface area contributed by atoms with Crippen LogP contribution in [0.2, 0.25) is 0 Å². The van der Waals surface area contributed by atoms with Crippen LogP contribution in [0.15, 0.2) is 23.6 Å². The highest BCUT2D eigenvalue weighted by Gasteiger charge is 2.22. The van der Waals surface area contributed by atoms with Gasteiger partial charge in [0.05, 0.1) is 0 Å². The molecule has 2 heterocycles. The summed E-state index contributed by atoms with van der Waals surface area (Å²) < 4.78 is 24.6. The lowest BCUT2D eigenvalue weighted by atomic mass is 10.4. The third-order valence-corrected chi connectivity index (χ3v) is 3.13. The van der Waals surface area contributed by atoms with E-state index >= 15 is 0 Å². The van der Waals surface area contributed by atoms with Crippen molar-refractivity contribution in [3.63, 3.8) is 0 Å². The molecule has 96 valence electrons. The van der Waals surface area contributed by atoms with E-state index in [1.54, 1.807) is 18.5 Å². The molecule has 2 aromatic rings. The third-order valence-electron chi connectivity index (χ3n) is 2.19. The molecule has 2 aromatic heterocycles. The summed E-state index contributed by atoms with van der Waals surface area (Å²) in [5.74, 6) is 0.520. The first-order valence-corrected chi connectivity index (χ1v) is 7.22. The van der Waals surface area contributed by atoms with E-state index in [0.29, 0.717) is 5.82 Å². The minimum Gasteiger partial charge on any atom is -0.234 e. The van der Waals surface area contributed by atoms with Gasteiger partial charge in [0.25, 0.3) is 0 Å². The van der Waals surface area contributed by atoms with Crippen LogP contribution in [0.5, 0.6) is 0 Å². The van der Waals surface area contributed by atoms with Crippen molar-refractivity contribution in [2.75, 3.05) is 6.26 Å². The van der Waals surface area contributed by atoms with Crippen LogP contribution in [-0.2, 0) is 9.84 Å². The van der Waals surface area contributed by atoms with Crippen molar-refractivity contribution >= 4 is 9.84 Å². The van der Waals surface area contributed by atoms with Crippen molar-refractivity contribution in [3.8, 4) is 11.6 Å². The first-order valence-electron chi connectivity index (χ1n) is 5.33. The van der Waals surface area contributed by atoms with E-state index in [4.69, 9.17) is 0 Å². The molecular weight excluding hydrogens is 254 g/mol. The van der Waals surface area contributed by atoms with E-state index in [9.17, 15) is 8.42 Å². The van der Waals surface area contributed by atoms with E-state index in [1.807, 2.05) is 13.8 Å². The van der Waals surface area contributed by atoms with Gasteiger partial charge in [-0.15, -0.1) is 5.10 Å². The van der Waals surface area contributed by atoms with Gasteiger partial charge in [-0.3, -0.25) is 0 Å². The van der Waals surface area contributed by atoms with Gasteiger partial charge in [0.1, 0.15) is 0 Å². The summed E-state index contributed by atoms with van der Waals surface area (Å²) in [5, 5.41) is 4.08. The normalized spacial score (nSPS) is 12.0. The van der Waals surface area contributed by atoms with E-state index in [0.717, 1.165) is 6.26 Å². The van der Waals surface area contributed by atoms with Crippen LogP contribution < -0.4 is 0 Å². The topological polar surface area (TPSA) is 90.6 Å². The summed E-state index contributed by atoms with van der Waals surface area (Å²) in [6, 6.07) is 1.56. The molecule has 0 atom stereocenters. The van der Waals surface area contributed by atoms with Gasteiger partial charge in [0.15, 0.2) is 5.82 Å². The van der Waals surface area contributed by atoms with Crippen molar-refractivity contribution in [2.45, 2.75) is 25.0 Å². The number of hydrogen-bond donors (Lipinski definition) is 0. The van der Waals surface area contributed by atoms with Crippen LogP contribution in [-0.4, -0.2) is 39.4 Å². The Bertz CT molecular complexity index is 648. The molecule has 0 fully saturated rings.